The summed E-state index contributed by atoms with van der Waals surface area (Å²) in [7, 11) is 0. The molecule has 182 valence electrons. The number of pyridine rings is 2. The molecule has 0 bridgehead atoms. The first-order chi connectivity index (χ1) is 17.4. The summed E-state index contributed by atoms with van der Waals surface area (Å²) in [6, 6.07) is 23.6. The van der Waals surface area contributed by atoms with Crippen LogP contribution >= 0.6 is 0 Å². The fraction of sp³-hybridized carbons (Fsp3) is 0.233. The molecule has 0 spiro atoms. The SMILES string of the molecule is Cc1ccc2cc(-c3cccn4c(C(=O)N[C@H](CO)CC(C)C)c(-c5ccccc5)nc34)ccc2n1. The number of benzene rings is 2. The van der Waals surface area contributed by atoms with Gasteiger partial charge in [-0.2, -0.15) is 0 Å². The van der Waals surface area contributed by atoms with Crippen molar-refractivity contribution in [2.24, 2.45) is 5.92 Å². The van der Waals surface area contributed by atoms with E-state index in [1.165, 1.54) is 0 Å². The number of imidazole rings is 1. The molecule has 3 aromatic heterocycles. The van der Waals surface area contributed by atoms with Crippen molar-refractivity contribution < 1.29 is 9.90 Å². The van der Waals surface area contributed by atoms with Crippen LogP contribution < -0.4 is 5.32 Å². The van der Waals surface area contributed by atoms with Crippen molar-refractivity contribution in [2.75, 3.05) is 6.61 Å². The monoisotopic (exact) mass is 478 g/mol. The lowest BCUT2D eigenvalue weighted by Crippen LogP contribution is -2.39. The number of nitrogens with zero attached hydrogens (tertiary/aromatic N) is 3. The number of carbonyl (C=O) groups is 1. The number of amides is 1. The van der Waals surface area contributed by atoms with E-state index in [4.69, 9.17) is 4.98 Å². The van der Waals surface area contributed by atoms with Crippen LogP contribution in [0.25, 0.3) is 38.9 Å². The number of aromatic nitrogens is 3. The highest BCUT2D eigenvalue weighted by Gasteiger charge is 2.24. The fourth-order valence-electron chi connectivity index (χ4n) is 4.70. The van der Waals surface area contributed by atoms with Crippen molar-refractivity contribution in [3.63, 3.8) is 0 Å². The van der Waals surface area contributed by atoms with Gasteiger partial charge in [-0.15, -0.1) is 0 Å². The van der Waals surface area contributed by atoms with Crippen LogP contribution in [-0.4, -0.2) is 38.0 Å². The Bertz CT molecular complexity index is 1540. The van der Waals surface area contributed by atoms with Crippen LogP contribution in [0.1, 0.15) is 36.5 Å². The second kappa shape index (κ2) is 9.91. The standard InChI is InChI=1S/C30H30N4O2/c1-19(2)16-24(18-35)32-30(36)28-27(21-8-5-4-6-9-21)33-29-25(10-7-15-34(28)29)22-13-14-26-23(17-22)12-11-20(3)31-26/h4-15,17,19,24,35H,16,18H2,1-3H3,(H,32,36)/t24-/m0/s1. The molecule has 36 heavy (non-hydrogen) atoms. The molecule has 1 amide bonds. The average Bonchev–Trinajstić information content (AvgIpc) is 3.28. The van der Waals surface area contributed by atoms with E-state index in [1.54, 1.807) is 0 Å². The number of rotatable bonds is 7. The molecule has 0 saturated carbocycles. The van der Waals surface area contributed by atoms with Gasteiger partial charge in [0.2, 0.25) is 0 Å². The van der Waals surface area contributed by atoms with Gasteiger partial charge in [-0.25, -0.2) is 4.98 Å². The summed E-state index contributed by atoms with van der Waals surface area (Å²) >= 11 is 0. The summed E-state index contributed by atoms with van der Waals surface area (Å²) in [4.78, 5) is 23.2. The van der Waals surface area contributed by atoms with Gasteiger partial charge < -0.3 is 10.4 Å². The maximum atomic E-state index is 13.6. The molecule has 0 aliphatic rings. The molecule has 0 saturated heterocycles. The highest BCUT2D eigenvalue weighted by atomic mass is 16.3. The van der Waals surface area contributed by atoms with E-state index < -0.39 is 0 Å². The number of aryl methyl sites for hydroxylation is 1. The topological polar surface area (TPSA) is 79.5 Å². The van der Waals surface area contributed by atoms with Crippen molar-refractivity contribution in [1.29, 1.82) is 0 Å². The summed E-state index contributed by atoms with van der Waals surface area (Å²) in [5.41, 5.74) is 6.48. The maximum absolute atomic E-state index is 13.6. The highest BCUT2D eigenvalue weighted by molar-refractivity contribution is 6.01. The second-order valence-electron chi connectivity index (χ2n) is 9.63. The first-order valence-electron chi connectivity index (χ1n) is 12.3. The molecule has 0 unspecified atom stereocenters. The quantitative estimate of drug-likeness (QED) is 0.316. The molecule has 0 fully saturated rings. The third-order valence-electron chi connectivity index (χ3n) is 6.36. The van der Waals surface area contributed by atoms with Gasteiger partial charge in [-0.1, -0.05) is 56.3 Å². The average molecular weight is 479 g/mol. The molecule has 1 atom stereocenters. The van der Waals surface area contributed by atoms with Crippen molar-refractivity contribution in [3.05, 3.63) is 90.4 Å². The molecule has 2 N–H and O–H groups in total. The van der Waals surface area contributed by atoms with Gasteiger partial charge in [0, 0.05) is 28.4 Å². The van der Waals surface area contributed by atoms with Crippen molar-refractivity contribution >= 4 is 22.5 Å². The Kier molecular flexibility index (Phi) is 6.53. The molecular formula is C30H30N4O2. The van der Waals surface area contributed by atoms with Gasteiger partial charge in [-0.3, -0.25) is 14.2 Å². The van der Waals surface area contributed by atoms with Crippen LogP contribution in [-0.2, 0) is 0 Å². The summed E-state index contributed by atoms with van der Waals surface area (Å²) < 4.78 is 1.86. The van der Waals surface area contributed by atoms with Gasteiger partial charge in [-0.05, 0) is 55.2 Å². The van der Waals surface area contributed by atoms with E-state index in [1.807, 2.05) is 78.2 Å². The lowest BCUT2D eigenvalue weighted by atomic mass is 10.0. The van der Waals surface area contributed by atoms with Gasteiger partial charge in [0.05, 0.1) is 18.2 Å². The molecule has 2 aromatic carbocycles. The van der Waals surface area contributed by atoms with Gasteiger partial charge in [0.25, 0.3) is 5.91 Å². The van der Waals surface area contributed by atoms with E-state index in [9.17, 15) is 9.90 Å². The van der Waals surface area contributed by atoms with Crippen LogP contribution in [0.3, 0.4) is 0 Å². The Morgan fingerprint density at radius 2 is 1.78 bits per heavy atom. The Labute approximate surface area is 210 Å². The minimum Gasteiger partial charge on any atom is -0.394 e. The summed E-state index contributed by atoms with van der Waals surface area (Å²) in [6.45, 7) is 6.02. The number of aliphatic hydroxyl groups is 1. The minimum atomic E-state index is -0.327. The van der Waals surface area contributed by atoms with E-state index >= 15 is 0 Å². The van der Waals surface area contributed by atoms with Crippen LogP contribution in [0.4, 0.5) is 0 Å². The normalized spacial score (nSPS) is 12.4. The zero-order chi connectivity index (χ0) is 25.2. The predicted molar refractivity (Wildman–Crippen MR) is 144 cm³/mol. The Morgan fingerprint density at radius 1 is 0.972 bits per heavy atom. The zero-order valence-corrected chi connectivity index (χ0v) is 20.8. The van der Waals surface area contributed by atoms with Gasteiger partial charge >= 0.3 is 0 Å². The molecule has 6 nitrogen and oxygen atoms in total. The van der Waals surface area contributed by atoms with E-state index in [-0.39, 0.29) is 18.6 Å². The highest BCUT2D eigenvalue weighted by Crippen LogP contribution is 2.32. The van der Waals surface area contributed by atoms with Gasteiger partial charge in [0.15, 0.2) is 0 Å². The molecule has 5 rings (SSSR count). The van der Waals surface area contributed by atoms with Crippen molar-refractivity contribution in [2.45, 2.75) is 33.2 Å². The Morgan fingerprint density at radius 3 is 2.53 bits per heavy atom. The molecule has 5 aromatic rings. The van der Waals surface area contributed by atoms with Crippen LogP contribution in [0.15, 0.2) is 79.0 Å². The Balaban J connectivity index is 1.67. The number of nitrogens with one attached hydrogen (secondary N) is 1. The molecule has 0 aliphatic carbocycles. The minimum absolute atomic E-state index is 0.114. The predicted octanol–water partition coefficient (Wildman–Crippen LogP) is 5.66. The number of hydrogen-bond donors (Lipinski definition) is 2. The number of carbonyl (C=O) groups excluding carboxylic acids is 1. The molecule has 0 radical (unpaired) electrons. The third kappa shape index (κ3) is 4.60. The van der Waals surface area contributed by atoms with Crippen LogP contribution in [0.2, 0.25) is 0 Å². The third-order valence-corrected chi connectivity index (χ3v) is 6.36. The number of hydrogen-bond acceptors (Lipinski definition) is 4. The zero-order valence-electron chi connectivity index (χ0n) is 20.8. The maximum Gasteiger partial charge on any atom is 0.270 e. The first-order valence-corrected chi connectivity index (χ1v) is 12.3. The van der Waals surface area contributed by atoms with Crippen molar-refractivity contribution in [1.82, 2.24) is 19.7 Å². The summed E-state index contributed by atoms with van der Waals surface area (Å²) in [5.74, 6) is 0.0902. The van der Waals surface area contributed by atoms with Crippen LogP contribution in [0, 0.1) is 12.8 Å². The lowest BCUT2D eigenvalue weighted by Gasteiger charge is -2.18. The smallest absolute Gasteiger partial charge is 0.270 e. The first kappa shape index (κ1) is 23.7. The summed E-state index contributed by atoms with van der Waals surface area (Å²) in [6.07, 6.45) is 2.56. The second-order valence-corrected chi connectivity index (χ2v) is 9.63. The number of aliphatic hydroxyl groups excluding tert-OH is 1. The molecule has 6 heteroatoms. The van der Waals surface area contributed by atoms with Gasteiger partial charge in [0.1, 0.15) is 17.0 Å². The molecule has 3 heterocycles. The van der Waals surface area contributed by atoms with E-state index in [0.717, 1.165) is 33.3 Å². The lowest BCUT2D eigenvalue weighted by molar-refractivity contribution is 0.0903. The van der Waals surface area contributed by atoms with Crippen LogP contribution in [0.5, 0.6) is 0 Å². The molecular weight excluding hydrogens is 448 g/mol. The van der Waals surface area contributed by atoms with E-state index in [2.05, 4.69) is 36.3 Å². The number of fused-ring (bicyclic) bond motifs is 2. The molecule has 0 aliphatic heterocycles. The van der Waals surface area contributed by atoms with Crippen molar-refractivity contribution in [3.8, 4) is 22.4 Å². The fourth-order valence-corrected chi connectivity index (χ4v) is 4.70. The van der Waals surface area contributed by atoms with E-state index in [0.29, 0.717) is 29.4 Å². The largest absolute Gasteiger partial charge is 0.394 e. The Hall–Kier alpha value is -4.03. The summed E-state index contributed by atoms with van der Waals surface area (Å²) in [5, 5.41) is 14.0.